The van der Waals surface area contributed by atoms with Crippen molar-refractivity contribution in [3.05, 3.63) is 24.0 Å². The maximum Gasteiger partial charge on any atom is 0.322 e. The molecule has 2 atom stereocenters. The van der Waals surface area contributed by atoms with Gasteiger partial charge in [-0.05, 0) is 12.5 Å². The van der Waals surface area contributed by atoms with Crippen LogP contribution < -0.4 is 16.8 Å². The van der Waals surface area contributed by atoms with E-state index in [9.17, 15) is 4.79 Å². The number of rotatable bonds is 3. The Morgan fingerprint density at radius 2 is 2.50 bits per heavy atom. The molecular weight excluding hydrogens is 182 g/mol. The third-order valence-corrected chi connectivity index (χ3v) is 2.00. The number of nitrogens with two attached hydrogens (primary N) is 2. The van der Waals surface area contributed by atoms with Crippen molar-refractivity contribution in [2.45, 2.75) is 18.5 Å². The minimum Gasteiger partial charge on any atom is -0.468 e. The Labute approximate surface area is 82.8 Å². The van der Waals surface area contributed by atoms with Gasteiger partial charge in [0, 0.05) is 17.9 Å². The van der Waals surface area contributed by atoms with E-state index in [4.69, 9.17) is 11.5 Å². The third kappa shape index (κ3) is 2.77. The van der Waals surface area contributed by atoms with Gasteiger partial charge < -0.3 is 21.5 Å². The number of carbonyl (C=O) groups excluding carboxylic acids is 1. The van der Waals surface area contributed by atoms with Crippen molar-refractivity contribution in [2.75, 3.05) is 7.11 Å². The number of hydrogen-bond donors (Lipinski definition) is 3. The number of hydrogen-bond acceptors (Lipinski definition) is 5. The molecule has 0 spiro atoms. The number of dihydropyridines is 1. The van der Waals surface area contributed by atoms with Crippen molar-refractivity contribution in [3.8, 4) is 0 Å². The minimum absolute atomic E-state index is 0.0383. The van der Waals surface area contributed by atoms with Crippen molar-refractivity contribution in [3.63, 3.8) is 0 Å². The van der Waals surface area contributed by atoms with Gasteiger partial charge in [0.2, 0.25) is 0 Å². The molecule has 0 aromatic carbocycles. The molecule has 0 radical (unpaired) electrons. The van der Waals surface area contributed by atoms with Crippen LogP contribution in [0.4, 0.5) is 0 Å². The average molecular weight is 197 g/mol. The largest absolute Gasteiger partial charge is 0.468 e. The normalized spacial score (nSPS) is 22.1. The molecule has 1 aliphatic rings. The highest BCUT2D eigenvalue weighted by molar-refractivity contribution is 5.75. The Morgan fingerprint density at radius 1 is 1.79 bits per heavy atom. The Balaban J connectivity index is 2.40. The van der Waals surface area contributed by atoms with Crippen molar-refractivity contribution in [2.24, 2.45) is 11.5 Å². The molecule has 0 amide bonds. The Morgan fingerprint density at radius 3 is 3.00 bits per heavy atom. The molecule has 0 aromatic heterocycles. The summed E-state index contributed by atoms with van der Waals surface area (Å²) in [4.78, 5) is 11.0. The molecule has 0 aromatic rings. The van der Waals surface area contributed by atoms with Gasteiger partial charge in [-0.1, -0.05) is 6.08 Å². The number of ether oxygens (including phenoxy) is 1. The maximum absolute atomic E-state index is 11.0. The van der Waals surface area contributed by atoms with Gasteiger partial charge >= 0.3 is 5.97 Å². The first-order chi connectivity index (χ1) is 6.63. The molecule has 0 saturated heterocycles. The number of carbonyl (C=O) groups is 1. The van der Waals surface area contributed by atoms with Gasteiger partial charge in [-0.2, -0.15) is 0 Å². The average Bonchev–Trinajstić information content (AvgIpc) is 2.20. The van der Waals surface area contributed by atoms with Crippen LogP contribution in [0, 0.1) is 0 Å². The second kappa shape index (κ2) is 4.66. The van der Waals surface area contributed by atoms with Crippen molar-refractivity contribution >= 4 is 5.97 Å². The number of allylic oxidation sites excluding steroid dienone is 1. The summed E-state index contributed by atoms with van der Waals surface area (Å²) >= 11 is 0. The summed E-state index contributed by atoms with van der Waals surface area (Å²) in [5, 5.41) is 3.02. The predicted octanol–water partition coefficient (Wildman–Crippen LogP) is -0.795. The Hall–Kier alpha value is -1.49. The number of esters is 1. The molecule has 5 N–H and O–H groups in total. The highest BCUT2D eigenvalue weighted by Gasteiger charge is 2.18. The number of methoxy groups -OCH3 is 1. The summed E-state index contributed by atoms with van der Waals surface area (Å²) in [6, 6.07) is -0.564. The standard InChI is InChI=1S/C9H15N3O2/c1-14-9(13)8(11)4-7-3-2-6(10)5-12-7/h2-3,5,7-8,12H,4,10-11H2,1H3/t7?,8-/m0/s1. The monoisotopic (exact) mass is 197 g/mol. The van der Waals surface area contributed by atoms with Crippen LogP contribution >= 0.6 is 0 Å². The molecule has 5 heteroatoms. The van der Waals surface area contributed by atoms with Crippen molar-refractivity contribution < 1.29 is 9.53 Å². The molecule has 14 heavy (non-hydrogen) atoms. The van der Waals surface area contributed by atoms with E-state index in [-0.39, 0.29) is 6.04 Å². The van der Waals surface area contributed by atoms with Gasteiger partial charge in [-0.3, -0.25) is 4.79 Å². The molecule has 0 fully saturated rings. The van der Waals surface area contributed by atoms with E-state index in [0.717, 1.165) is 0 Å². The molecule has 0 aliphatic carbocycles. The lowest BCUT2D eigenvalue weighted by Crippen LogP contribution is -2.39. The van der Waals surface area contributed by atoms with Crippen LogP contribution in [-0.4, -0.2) is 25.2 Å². The Bertz CT molecular complexity index is 273. The molecule has 5 nitrogen and oxygen atoms in total. The van der Waals surface area contributed by atoms with Gasteiger partial charge in [-0.25, -0.2) is 0 Å². The fourth-order valence-electron chi connectivity index (χ4n) is 1.20. The second-order valence-corrected chi connectivity index (χ2v) is 3.14. The molecule has 1 unspecified atom stereocenters. The van der Waals surface area contributed by atoms with E-state index in [0.29, 0.717) is 12.1 Å². The highest BCUT2D eigenvalue weighted by Crippen LogP contribution is 2.05. The van der Waals surface area contributed by atoms with Gasteiger partial charge in [0.1, 0.15) is 6.04 Å². The molecule has 78 valence electrons. The fourth-order valence-corrected chi connectivity index (χ4v) is 1.20. The molecule has 1 heterocycles. The van der Waals surface area contributed by atoms with Crippen LogP contribution in [0.25, 0.3) is 0 Å². The van der Waals surface area contributed by atoms with Gasteiger partial charge in [0.05, 0.1) is 7.11 Å². The summed E-state index contributed by atoms with van der Waals surface area (Å²) in [7, 11) is 1.32. The summed E-state index contributed by atoms with van der Waals surface area (Å²) in [5.41, 5.74) is 11.8. The minimum atomic E-state index is -0.602. The van der Waals surface area contributed by atoms with Crippen LogP contribution in [0.2, 0.25) is 0 Å². The first-order valence-electron chi connectivity index (χ1n) is 4.37. The molecule has 1 aliphatic heterocycles. The highest BCUT2D eigenvalue weighted by atomic mass is 16.5. The lowest BCUT2D eigenvalue weighted by molar-refractivity contribution is -0.142. The van der Waals surface area contributed by atoms with E-state index >= 15 is 0 Å². The summed E-state index contributed by atoms with van der Waals surface area (Å²) in [5.74, 6) is -0.400. The lowest BCUT2D eigenvalue weighted by Gasteiger charge is -2.19. The first kappa shape index (κ1) is 10.6. The third-order valence-electron chi connectivity index (χ3n) is 2.00. The lowest BCUT2D eigenvalue weighted by atomic mass is 10.1. The zero-order valence-electron chi connectivity index (χ0n) is 8.07. The van der Waals surface area contributed by atoms with E-state index in [1.807, 2.05) is 6.08 Å². The second-order valence-electron chi connectivity index (χ2n) is 3.14. The quantitative estimate of drug-likeness (QED) is 0.515. The topological polar surface area (TPSA) is 90.4 Å². The SMILES string of the molecule is COC(=O)[C@@H](N)CC1C=CC(N)=CN1. The maximum atomic E-state index is 11.0. The van der Waals surface area contributed by atoms with Crippen LogP contribution in [0.15, 0.2) is 24.0 Å². The Kier molecular flexibility index (Phi) is 3.53. The fraction of sp³-hybridized carbons (Fsp3) is 0.444. The zero-order chi connectivity index (χ0) is 10.6. The first-order valence-corrected chi connectivity index (χ1v) is 4.37. The molecule has 1 rings (SSSR count). The van der Waals surface area contributed by atoms with E-state index in [1.54, 1.807) is 12.3 Å². The summed E-state index contributed by atoms with van der Waals surface area (Å²) < 4.78 is 4.52. The van der Waals surface area contributed by atoms with E-state index in [1.165, 1.54) is 7.11 Å². The van der Waals surface area contributed by atoms with E-state index in [2.05, 4.69) is 10.1 Å². The molecule has 0 bridgehead atoms. The molecular formula is C9H15N3O2. The number of nitrogens with one attached hydrogen (secondary N) is 1. The smallest absolute Gasteiger partial charge is 0.322 e. The van der Waals surface area contributed by atoms with Crippen LogP contribution in [0.1, 0.15) is 6.42 Å². The zero-order valence-corrected chi connectivity index (χ0v) is 8.07. The van der Waals surface area contributed by atoms with Crippen molar-refractivity contribution in [1.82, 2.24) is 5.32 Å². The van der Waals surface area contributed by atoms with Gasteiger partial charge in [-0.15, -0.1) is 0 Å². The molecule has 0 saturated carbocycles. The van der Waals surface area contributed by atoms with Crippen LogP contribution in [-0.2, 0) is 9.53 Å². The summed E-state index contributed by atoms with van der Waals surface area (Å²) in [6.45, 7) is 0. The predicted molar refractivity (Wildman–Crippen MR) is 52.9 cm³/mol. The van der Waals surface area contributed by atoms with Gasteiger partial charge in [0.15, 0.2) is 0 Å². The van der Waals surface area contributed by atoms with Gasteiger partial charge in [0.25, 0.3) is 0 Å². The van der Waals surface area contributed by atoms with Crippen molar-refractivity contribution in [1.29, 1.82) is 0 Å². The van der Waals surface area contributed by atoms with E-state index < -0.39 is 12.0 Å². The van der Waals surface area contributed by atoms with Crippen LogP contribution in [0.5, 0.6) is 0 Å². The van der Waals surface area contributed by atoms with Crippen LogP contribution in [0.3, 0.4) is 0 Å². The summed E-state index contributed by atoms with van der Waals surface area (Å²) in [6.07, 6.45) is 5.84.